The molecule has 0 aromatic heterocycles. The molecule has 4 rings (SSSR count). The van der Waals surface area contributed by atoms with E-state index in [0.717, 1.165) is 50.2 Å². The number of hydrogen-bond donors (Lipinski definition) is 3. The number of ether oxygens (including phenoxy) is 1. The summed E-state index contributed by atoms with van der Waals surface area (Å²) in [6, 6.07) is 8.52. The fourth-order valence-electron chi connectivity index (χ4n) is 4.44. The van der Waals surface area contributed by atoms with Crippen molar-refractivity contribution in [1.29, 1.82) is 0 Å². The van der Waals surface area contributed by atoms with Crippen molar-refractivity contribution in [2.75, 3.05) is 13.6 Å². The molecule has 0 saturated heterocycles. The van der Waals surface area contributed by atoms with Gasteiger partial charge in [-0.2, -0.15) is 0 Å². The van der Waals surface area contributed by atoms with Gasteiger partial charge in [0.05, 0.1) is 11.6 Å². The lowest BCUT2D eigenvalue weighted by Crippen LogP contribution is -2.52. The van der Waals surface area contributed by atoms with E-state index in [1.165, 1.54) is 18.4 Å². The number of benzene rings is 1. The van der Waals surface area contributed by atoms with Crippen LogP contribution in [0.15, 0.2) is 29.3 Å². The lowest BCUT2D eigenvalue weighted by molar-refractivity contribution is -0.0280. The zero-order valence-electron chi connectivity index (χ0n) is 15.1. The Morgan fingerprint density at radius 2 is 1.96 bits per heavy atom. The van der Waals surface area contributed by atoms with Gasteiger partial charge in [-0.3, -0.25) is 4.99 Å². The van der Waals surface area contributed by atoms with E-state index in [-0.39, 0.29) is 11.6 Å². The molecule has 1 unspecified atom stereocenters. The van der Waals surface area contributed by atoms with Crippen molar-refractivity contribution in [3.8, 4) is 5.75 Å². The summed E-state index contributed by atoms with van der Waals surface area (Å²) < 4.78 is 6.43. The van der Waals surface area contributed by atoms with Crippen LogP contribution < -0.4 is 15.4 Å². The Morgan fingerprint density at radius 3 is 2.64 bits per heavy atom. The minimum atomic E-state index is -0.558. The van der Waals surface area contributed by atoms with Crippen molar-refractivity contribution >= 4 is 5.96 Å². The predicted octanol–water partition coefficient (Wildman–Crippen LogP) is 2.90. The smallest absolute Gasteiger partial charge is 0.191 e. The SMILES string of the molecule is CN=C(NCC1(O)CCC1)NC1CC2(CCCC2)Oc2ccccc21. The maximum absolute atomic E-state index is 10.3. The number of rotatable bonds is 3. The third-order valence-corrected chi connectivity index (χ3v) is 6.12. The number of aliphatic imine (C=N–C) groups is 1. The van der Waals surface area contributed by atoms with Crippen LogP contribution in [0.4, 0.5) is 0 Å². The lowest BCUT2D eigenvalue weighted by atomic mass is 9.80. The Balaban J connectivity index is 1.49. The molecule has 0 radical (unpaired) electrons. The Hall–Kier alpha value is -1.75. The van der Waals surface area contributed by atoms with Crippen molar-refractivity contribution in [3.63, 3.8) is 0 Å². The molecule has 1 heterocycles. The van der Waals surface area contributed by atoms with Crippen molar-refractivity contribution < 1.29 is 9.84 Å². The first-order valence-corrected chi connectivity index (χ1v) is 9.59. The number of aliphatic hydroxyl groups is 1. The second-order valence-corrected chi connectivity index (χ2v) is 7.93. The summed E-state index contributed by atoms with van der Waals surface area (Å²) in [6.07, 6.45) is 8.58. The number of guanidine groups is 1. The topological polar surface area (TPSA) is 65.9 Å². The molecule has 0 bridgehead atoms. The average Bonchev–Trinajstić information content (AvgIpc) is 3.04. The summed E-state index contributed by atoms with van der Waals surface area (Å²) in [4.78, 5) is 4.37. The molecule has 3 N–H and O–H groups in total. The van der Waals surface area contributed by atoms with E-state index in [2.05, 4.69) is 33.8 Å². The molecule has 0 amide bonds. The Kier molecular flexibility index (Phi) is 4.36. The first kappa shape index (κ1) is 16.7. The van der Waals surface area contributed by atoms with Crippen LogP contribution in [0.25, 0.3) is 0 Å². The first-order valence-electron chi connectivity index (χ1n) is 9.59. The predicted molar refractivity (Wildman–Crippen MR) is 98.9 cm³/mol. The molecule has 136 valence electrons. The van der Waals surface area contributed by atoms with Crippen LogP contribution in [0, 0.1) is 0 Å². The molecule has 1 spiro atoms. The maximum Gasteiger partial charge on any atom is 0.191 e. The number of nitrogens with zero attached hydrogens (tertiary/aromatic N) is 1. The van der Waals surface area contributed by atoms with E-state index in [4.69, 9.17) is 4.74 Å². The average molecular weight is 343 g/mol. The largest absolute Gasteiger partial charge is 0.487 e. The molecule has 1 aromatic rings. The number of para-hydroxylation sites is 1. The molecule has 1 atom stereocenters. The van der Waals surface area contributed by atoms with Gasteiger partial charge in [0, 0.05) is 25.6 Å². The quantitative estimate of drug-likeness (QED) is 0.583. The standard InChI is InChI=1S/C20H29N3O2/c1-21-18(22-14-19(24)9-6-10-19)23-16-13-20(11-4-5-12-20)25-17-8-3-2-7-15(16)17/h2-3,7-8,16,24H,4-6,9-14H2,1H3,(H2,21,22,23). The van der Waals surface area contributed by atoms with E-state index in [9.17, 15) is 5.11 Å². The van der Waals surface area contributed by atoms with Gasteiger partial charge >= 0.3 is 0 Å². The normalized spacial score (nSPS) is 26.5. The lowest BCUT2D eigenvalue weighted by Gasteiger charge is -2.41. The Morgan fingerprint density at radius 1 is 1.20 bits per heavy atom. The molecule has 1 aromatic carbocycles. The van der Waals surface area contributed by atoms with E-state index in [1.807, 2.05) is 6.07 Å². The second-order valence-electron chi connectivity index (χ2n) is 7.93. The van der Waals surface area contributed by atoms with Gasteiger partial charge in [-0.1, -0.05) is 18.2 Å². The Labute approximate surface area is 149 Å². The van der Waals surface area contributed by atoms with Crippen LogP contribution in [0.1, 0.15) is 63.0 Å². The number of nitrogens with one attached hydrogen (secondary N) is 2. The first-order chi connectivity index (χ1) is 12.1. The van der Waals surface area contributed by atoms with Crippen LogP contribution in [0.2, 0.25) is 0 Å². The van der Waals surface area contributed by atoms with Crippen LogP contribution in [0.3, 0.4) is 0 Å². The molecular weight excluding hydrogens is 314 g/mol. The molecule has 1 aliphatic heterocycles. The minimum absolute atomic E-state index is 0.0307. The second kappa shape index (κ2) is 6.52. The number of hydrogen-bond acceptors (Lipinski definition) is 3. The summed E-state index contributed by atoms with van der Waals surface area (Å²) in [5, 5.41) is 17.2. The summed E-state index contributed by atoms with van der Waals surface area (Å²) in [5.74, 6) is 1.76. The summed E-state index contributed by atoms with van der Waals surface area (Å²) >= 11 is 0. The van der Waals surface area contributed by atoms with Gasteiger partial charge in [0.15, 0.2) is 5.96 Å². The third kappa shape index (κ3) is 3.34. The van der Waals surface area contributed by atoms with Crippen molar-refractivity contribution in [2.45, 2.75) is 68.6 Å². The number of fused-ring (bicyclic) bond motifs is 1. The molecule has 2 saturated carbocycles. The van der Waals surface area contributed by atoms with Gasteiger partial charge in [0.1, 0.15) is 11.4 Å². The molecule has 5 nitrogen and oxygen atoms in total. The van der Waals surface area contributed by atoms with Crippen LogP contribution in [-0.4, -0.2) is 35.9 Å². The summed E-state index contributed by atoms with van der Waals surface area (Å²) in [5.41, 5.74) is 0.611. The van der Waals surface area contributed by atoms with Gasteiger partial charge in [0.2, 0.25) is 0 Å². The van der Waals surface area contributed by atoms with Gasteiger partial charge in [-0.15, -0.1) is 0 Å². The van der Waals surface area contributed by atoms with E-state index in [1.54, 1.807) is 7.05 Å². The summed E-state index contributed by atoms with van der Waals surface area (Å²) in [7, 11) is 1.79. The van der Waals surface area contributed by atoms with Gasteiger partial charge < -0.3 is 20.5 Å². The van der Waals surface area contributed by atoms with E-state index in [0.29, 0.717) is 6.54 Å². The van der Waals surface area contributed by atoms with Crippen molar-refractivity contribution in [2.24, 2.45) is 4.99 Å². The Bertz CT molecular complexity index is 648. The molecule has 25 heavy (non-hydrogen) atoms. The molecule has 2 fully saturated rings. The highest BCUT2D eigenvalue weighted by molar-refractivity contribution is 5.80. The highest BCUT2D eigenvalue weighted by Crippen LogP contribution is 2.46. The molecule has 5 heteroatoms. The minimum Gasteiger partial charge on any atom is -0.487 e. The maximum atomic E-state index is 10.3. The van der Waals surface area contributed by atoms with Gasteiger partial charge in [-0.05, 0) is 51.0 Å². The van der Waals surface area contributed by atoms with Crippen LogP contribution in [0.5, 0.6) is 5.75 Å². The van der Waals surface area contributed by atoms with Crippen LogP contribution in [-0.2, 0) is 0 Å². The molecule has 3 aliphatic rings. The molecule has 2 aliphatic carbocycles. The van der Waals surface area contributed by atoms with Crippen molar-refractivity contribution in [3.05, 3.63) is 29.8 Å². The monoisotopic (exact) mass is 343 g/mol. The van der Waals surface area contributed by atoms with Crippen molar-refractivity contribution in [1.82, 2.24) is 10.6 Å². The highest BCUT2D eigenvalue weighted by atomic mass is 16.5. The zero-order valence-corrected chi connectivity index (χ0v) is 15.1. The fourth-order valence-corrected chi connectivity index (χ4v) is 4.44. The van der Waals surface area contributed by atoms with E-state index < -0.39 is 5.60 Å². The molecular formula is C20H29N3O2. The third-order valence-electron chi connectivity index (χ3n) is 6.12. The fraction of sp³-hybridized carbons (Fsp3) is 0.650. The zero-order chi connectivity index (χ0) is 17.3. The summed E-state index contributed by atoms with van der Waals surface area (Å²) in [6.45, 7) is 0.558. The van der Waals surface area contributed by atoms with Gasteiger partial charge in [0.25, 0.3) is 0 Å². The van der Waals surface area contributed by atoms with E-state index >= 15 is 0 Å². The van der Waals surface area contributed by atoms with Crippen LogP contribution >= 0.6 is 0 Å². The highest BCUT2D eigenvalue weighted by Gasteiger charge is 2.43. The van der Waals surface area contributed by atoms with Gasteiger partial charge in [-0.25, -0.2) is 0 Å².